The molecule has 114 valence electrons. The van der Waals surface area contributed by atoms with Gasteiger partial charge in [0.1, 0.15) is 0 Å². The van der Waals surface area contributed by atoms with Crippen LogP contribution in [0.3, 0.4) is 0 Å². The molecule has 1 heterocycles. The largest absolute Gasteiger partial charge is 0.379 e. The van der Waals surface area contributed by atoms with Gasteiger partial charge in [-0.2, -0.15) is 0 Å². The highest BCUT2D eigenvalue weighted by molar-refractivity contribution is 5.95. The summed E-state index contributed by atoms with van der Waals surface area (Å²) >= 11 is 0. The van der Waals surface area contributed by atoms with Gasteiger partial charge in [-0.25, -0.2) is 0 Å². The van der Waals surface area contributed by atoms with Crippen LogP contribution in [0.15, 0.2) is 18.2 Å². The van der Waals surface area contributed by atoms with Crippen LogP contribution >= 0.6 is 0 Å². The average molecular weight is 291 g/mol. The molecule has 6 nitrogen and oxygen atoms in total. The maximum Gasteiger partial charge on any atom is 0.231 e. The van der Waals surface area contributed by atoms with E-state index in [9.17, 15) is 9.59 Å². The molecule has 1 aliphatic rings. The standard InChI is InChI=1S/C15H21N3O3/c1-9-4-5-11(17-10(2)19)6-13(9)18-15(20)12-7-21-8-14(12)16-3/h4-6,12,14,16H,7-8H2,1-3H3,(H,17,19)(H,18,20). The van der Waals surface area contributed by atoms with E-state index in [4.69, 9.17) is 4.74 Å². The van der Waals surface area contributed by atoms with Crippen LogP contribution in [0.1, 0.15) is 12.5 Å². The molecule has 2 amide bonds. The molecule has 0 aliphatic carbocycles. The third kappa shape index (κ3) is 3.80. The molecule has 1 aromatic rings. The number of nitrogens with one attached hydrogen (secondary N) is 3. The topological polar surface area (TPSA) is 79.5 Å². The van der Waals surface area contributed by atoms with Gasteiger partial charge in [0.2, 0.25) is 11.8 Å². The van der Waals surface area contributed by atoms with Crippen LogP contribution in [-0.2, 0) is 14.3 Å². The van der Waals surface area contributed by atoms with E-state index in [1.165, 1.54) is 6.92 Å². The zero-order valence-corrected chi connectivity index (χ0v) is 12.5. The lowest BCUT2D eigenvalue weighted by Gasteiger charge is -2.18. The summed E-state index contributed by atoms with van der Waals surface area (Å²) in [7, 11) is 1.82. The summed E-state index contributed by atoms with van der Waals surface area (Å²) in [6.45, 7) is 4.32. The van der Waals surface area contributed by atoms with Crippen molar-refractivity contribution in [1.29, 1.82) is 0 Å². The van der Waals surface area contributed by atoms with E-state index in [2.05, 4.69) is 16.0 Å². The molecule has 1 fully saturated rings. The van der Waals surface area contributed by atoms with Crippen molar-refractivity contribution in [2.24, 2.45) is 5.92 Å². The number of benzene rings is 1. The molecule has 1 saturated heterocycles. The summed E-state index contributed by atoms with van der Waals surface area (Å²) in [5.41, 5.74) is 2.31. The van der Waals surface area contributed by atoms with E-state index in [1.807, 2.05) is 26.1 Å². The van der Waals surface area contributed by atoms with Crippen molar-refractivity contribution >= 4 is 23.2 Å². The number of rotatable bonds is 4. The van der Waals surface area contributed by atoms with Gasteiger partial charge in [-0.3, -0.25) is 9.59 Å². The minimum absolute atomic E-state index is 0.0313. The smallest absolute Gasteiger partial charge is 0.231 e. The van der Waals surface area contributed by atoms with Crippen LogP contribution in [0, 0.1) is 12.8 Å². The van der Waals surface area contributed by atoms with E-state index in [0.29, 0.717) is 24.6 Å². The second-order valence-electron chi connectivity index (χ2n) is 5.24. The monoisotopic (exact) mass is 291 g/mol. The molecule has 2 rings (SSSR count). The Morgan fingerprint density at radius 2 is 2.00 bits per heavy atom. The number of hydrogen-bond acceptors (Lipinski definition) is 4. The van der Waals surface area contributed by atoms with E-state index in [-0.39, 0.29) is 23.8 Å². The third-order valence-electron chi connectivity index (χ3n) is 3.60. The van der Waals surface area contributed by atoms with Crippen molar-refractivity contribution in [2.75, 3.05) is 30.9 Å². The quantitative estimate of drug-likeness (QED) is 0.777. The van der Waals surface area contributed by atoms with Crippen LogP contribution in [0.2, 0.25) is 0 Å². The van der Waals surface area contributed by atoms with Gasteiger partial charge in [-0.15, -0.1) is 0 Å². The second-order valence-corrected chi connectivity index (χ2v) is 5.24. The van der Waals surface area contributed by atoms with Crippen molar-refractivity contribution in [3.8, 4) is 0 Å². The highest BCUT2D eigenvalue weighted by Crippen LogP contribution is 2.22. The number of amides is 2. The maximum absolute atomic E-state index is 12.4. The Kier molecular flexibility index (Phi) is 4.93. The molecule has 0 spiro atoms. The number of likely N-dealkylation sites (N-methyl/N-ethyl adjacent to an activating group) is 1. The van der Waals surface area contributed by atoms with Crippen LogP contribution in [0.25, 0.3) is 0 Å². The van der Waals surface area contributed by atoms with E-state index in [0.717, 1.165) is 5.56 Å². The summed E-state index contributed by atoms with van der Waals surface area (Å²) < 4.78 is 5.35. The number of aryl methyl sites for hydroxylation is 1. The summed E-state index contributed by atoms with van der Waals surface area (Å²) in [5.74, 6) is -0.427. The van der Waals surface area contributed by atoms with Gasteiger partial charge < -0.3 is 20.7 Å². The minimum Gasteiger partial charge on any atom is -0.379 e. The lowest BCUT2D eigenvalue weighted by Crippen LogP contribution is -2.39. The zero-order chi connectivity index (χ0) is 15.4. The summed E-state index contributed by atoms with van der Waals surface area (Å²) in [5, 5.41) is 8.72. The fourth-order valence-electron chi connectivity index (χ4n) is 2.36. The zero-order valence-electron chi connectivity index (χ0n) is 12.5. The van der Waals surface area contributed by atoms with E-state index < -0.39 is 0 Å². The number of hydrogen-bond donors (Lipinski definition) is 3. The molecule has 6 heteroatoms. The van der Waals surface area contributed by atoms with Crippen LogP contribution in [-0.4, -0.2) is 38.1 Å². The first-order chi connectivity index (χ1) is 10.0. The molecule has 0 aromatic heterocycles. The molecule has 3 N–H and O–H groups in total. The van der Waals surface area contributed by atoms with Crippen molar-refractivity contribution in [2.45, 2.75) is 19.9 Å². The Balaban J connectivity index is 2.11. The van der Waals surface area contributed by atoms with Gasteiger partial charge in [-0.1, -0.05) is 6.07 Å². The summed E-state index contributed by atoms with van der Waals surface area (Å²) in [4.78, 5) is 23.5. The predicted octanol–water partition coefficient (Wildman–Crippen LogP) is 1.13. The third-order valence-corrected chi connectivity index (χ3v) is 3.60. The van der Waals surface area contributed by atoms with Gasteiger partial charge in [0.25, 0.3) is 0 Å². The molecular weight excluding hydrogens is 270 g/mol. The van der Waals surface area contributed by atoms with Crippen molar-refractivity contribution in [3.05, 3.63) is 23.8 Å². The summed E-state index contributed by atoms with van der Waals surface area (Å²) in [6, 6.07) is 5.46. The predicted molar refractivity (Wildman–Crippen MR) is 81.3 cm³/mol. The van der Waals surface area contributed by atoms with E-state index >= 15 is 0 Å². The molecule has 1 aliphatic heterocycles. The minimum atomic E-state index is -0.209. The number of anilines is 2. The van der Waals surface area contributed by atoms with Gasteiger partial charge in [-0.05, 0) is 31.7 Å². The van der Waals surface area contributed by atoms with Gasteiger partial charge in [0, 0.05) is 24.3 Å². The molecule has 0 saturated carbocycles. The molecule has 21 heavy (non-hydrogen) atoms. The normalized spacial score (nSPS) is 21.1. The first-order valence-electron chi connectivity index (χ1n) is 6.95. The Bertz CT molecular complexity index is 545. The van der Waals surface area contributed by atoms with Crippen molar-refractivity contribution in [3.63, 3.8) is 0 Å². The molecule has 1 aromatic carbocycles. The van der Waals surface area contributed by atoms with Crippen molar-refractivity contribution < 1.29 is 14.3 Å². The molecule has 0 radical (unpaired) electrons. The van der Waals surface area contributed by atoms with Gasteiger partial charge >= 0.3 is 0 Å². The van der Waals surface area contributed by atoms with Gasteiger partial charge in [0.05, 0.1) is 19.1 Å². The number of ether oxygens (including phenoxy) is 1. The molecule has 0 bridgehead atoms. The first kappa shape index (κ1) is 15.5. The molecular formula is C15H21N3O3. The molecule has 2 atom stereocenters. The lowest BCUT2D eigenvalue weighted by atomic mass is 10.0. The Morgan fingerprint density at radius 1 is 1.24 bits per heavy atom. The van der Waals surface area contributed by atoms with Crippen LogP contribution in [0.5, 0.6) is 0 Å². The fourth-order valence-corrected chi connectivity index (χ4v) is 2.36. The highest BCUT2D eigenvalue weighted by atomic mass is 16.5. The van der Waals surface area contributed by atoms with Crippen molar-refractivity contribution in [1.82, 2.24) is 5.32 Å². The Morgan fingerprint density at radius 3 is 2.67 bits per heavy atom. The van der Waals surface area contributed by atoms with Crippen LogP contribution < -0.4 is 16.0 Å². The first-order valence-corrected chi connectivity index (χ1v) is 6.95. The van der Waals surface area contributed by atoms with Gasteiger partial charge in [0.15, 0.2) is 0 Å². The maximum atomic E-state index is 12.4. The number of carbonyl (C=O) groups is 2. The van der Waals surface area contributed by atoms with E-state index in [1.54, 1.807) is 6.07 Å². The Labute approximate surface area is 124 Å². The molecule has 2 unspecified atom stereocenters. The SMILES string of the molecule is CNC1COCC1C(=O)Nc1cc(NC(C)=O)ccc1C. The fraction of sp³-hybridized carbons (Fsp3) is 0.467. The second kappa shape index (κ2) is 6.69. The Hall–Kier alpha value is -1.92. The highest BCUT2D eigenvalue weighted by Gasteiger charge is 2.33. The number of carbonyl (C=O) groups excluding carboxylic acids is 2. The average Bonchev–Trinajstić information content (AvgIpc) is 2.90. The lowest BCUT2D eigenvalue weighted by molar-refractivity contribution is -0.120. The summed E-state index contributed by atoms with van der Waals surface area (Å²) in [6.07, 6.45) is 0. The van der Waals surface area contributed by atoms with Crippen LogP contribution in [0.4, 0.5) is 11.4 Å².